The lowest BCUT2D eigenvalue weighted by atomic mass is 9.99. The number of carboxylic acids is 1. The minimum Gasteiger partial charge on any atom is -0.480 e. The summed E-state index contributed by atoms with van der Waals surface area (Å²) in [5.41, 5.74) is 5.24. The topological polar surface area (TPSA) is 89.6 Å². The number of nitrogens with two attached hydrogens (primary N) is 1. The fourth-order valence-electron chi connectivity index (χ4n) is 1.44. The lowest BCUT2D eigenvalue weighted by molar-refractivity contribution is -0.152. The van der Waals surface area contributed by atoms with Gasteiger partial charge in [0.2, 0.25) is 0 Å². The Morgan fingerprint density at radius 2 is 1.75 bits per heavy atom. The summed E-state index contributed by atoms with van der Waals surface area (Å²) < 4.78 is 4.89. The summed E-state index contributed by atoms with van der Waals surface area (Å²) in [6.07, 6.45) is 3.36. The van der Waals surface area contributed by atoms with E-state index in [0.717, 1.165) is 25.7 Å². The number of hydrogen-bond donors (Lipinski definition) is 2. The Hall–Kier alpha value is -1.10. The van der Waals surface area contributed by atoms with Crippen molar-refractivity contribution in [1.29, 1.82) is 0 Å². The Morgan fingerprint density at radius 1 is 1.25 bits per heavy atom. The summed E-state index contributed by atoms with van der Waals surface area (Å²) in [6, 6.07) is -1.13. The van der Waals surface area contributed by atoms with Crippen molar-refractivity contribution in [1.82, 2.24) is 0 Å². The Labute approximate surface area is 96.0 Å². The number of esters is 1. The van der Waals surface area contributed by atoms with Crippen LogP contribution < -0.4 is 5.73 Å². The number of ether oxygens (including phenoxy) is 1. The van der Waals surface area contributed by atoms with Gasteiger partial charge in [-0.15, -0.1) is 0 Å². The van der Waals surface area contributed by atoms with Crippen molar-refractivity contribution in [3.63, 3.8) is 0 Å². The monoisotopic (exact) mass is 231 g/mol. The zero-order valence-electron chi connectivity index (χ0n) is 9.94. The fourth-order valence-corrected chi connectivity index (χ4v) is 1.44. The molecule has 0 bridgehead atoms. The molecule has 94 valence electrons. The van der Waals surface area contributed by atoms with E-state index < -0.39 is 12.0 Å². The molecule has 0 aromatic rings. The third-order valence-electron chi connectivity index (χ3n) is 2.33. The predicted molar refractivity (Wildman–Crippen MR) is 59.9 cm³/mol. The van der Waals surface area contributed by atoms with Gasteiger partial charge in [0, 0.05) is 0 Å². The fraction of sp³-hybridized carbons (Fsp3) is 0.818. The van der Waals surface area contributed by atoms with Gasteiger partial charge >= 0.3 is 11.9 Å². The maximum atomic E-state index is 11.6. The standard InChI is InChI=1S/C11H21NO4/c1-3-5-8(6-4-2)11(15)16-7-9(12)10(13)14/h8-9H,3-7,12H2,1-2H3,(H,13,14). The first-order valence-corrected chi connectivity index (χ1v) is 5.67. The molecule has 0 saturated heterocycles. The number of aliphatic carboxylic acids is 1. The molecule has 3 N–H and O–H groups in total. The van der Waals surface area contributed by atoms with Crippen LogP contribution in [0.4, 0.5) is 0 Å². The van der Waals surface area contributed by atoms with E-state index in [4.69, 9.17) is 15.6 Å². The smallest absolute Gasteiger partial charge is 0.324 e. The van der Waals surface area contributed by atoms with Gasteiger partial charge in [0.1, 0.15) is 12.6 Å². The lowest BCUT2D eigenvalue weighted by Gasteiger charge is -2.15. The van der Waals surface area contributed by atoms with E-state index in [9.17, 15) is 9.59 Å². The van der Waals surface area contributed by atoms with Crippen LogP contribution in [-0.4, -0.2) is 29.7 Å². The first-order chi connectivity index (χ1) is 7.52. The Morgan fingerprint density at radius 3 is 2.12 bits per heavy atom. The number of hydrogen-bond acceptors (Lipinski definition) is 4. The van der Waals surface area contributed by atoms with Crippen molar-refractivity contribution in [3.8, 4) is 0 Å². The Balaban J connectivity index is 4.04. The molecule has 0 amide bonds. The van der Waals surface area contributed by atoms with Crippen LogP contribution in [0.5, 0.6) is 0 Å². The largest absolute Gasteiger partial charge is 0.480 e. The summed E-state index contributed by atoms with van der Waals surface area (Å²) in [7, 11) is 0. The molecule has 0 saturated carbocycles. The molecule has 0 spiro atoms. The van der Waals surface area contributed by atoms with E-state index in [2.05, 4.69) is 0 Å². The predicted octanol–water partition coefficient (Wildman–Crippen LogP) is 1.16. The van der Waals surface area contributed by atoms with Crippen molar-refractivity contribution in [3.05, 3.63) is 0 Å². The summed E-state index contributed by atoms with van der Waals surface area (Å²) in [4.78, 5) is 22.0. The highest BCUT2D eigenvalue weighted by molar-refractivity contribution is 5.75. The van der Waals surface area contributed by atoms with Crippen LogP contribution in [-0.2, 0) is 14.3 Å². The summed E-state index contributed by atoms with van der Waals surface area (Å²) >= 11 is 0. The molecule has 0 aliphatic carbocycles. The van der Waals surface area contributed by atoms with E-state index in [1.165, 1.54) is 0 Å². The van der Waals surface area contributed by atoms with Gasteiger partial charge in [-0.2, -0.15) is 0 Å². The summed E-state index contributed by atoms with van der Waals surface area (Å²) in [6.45, 7) is 3.75. The molecule has 0 aromatic heterocycles. The van der Waals surface area contributed by atoms with Crippen molar-refractivity contribution in [2.75, 3.05) is 6.61 Å². The first-order valence-electron chi connectivity index (χ1n) is 5.67. The van der Waals surface area contributed by atoms with Crippen LogP contribution in [0.15, 0.2) is 0 Å². The quantitative estimate of drug-likeness (QED) is 0.612. The zero-order chi connectivity index (χ0) is 12.6. The van der Waals surface area contributed by atoms with Gasteiger partial charge in [-0.25, -0.2) is 0 Å². The van der Waals surface area contributed by atoms with Gasteiger partial charge in [-0.1, -0.05) is 26.7 Å². The van der Waals surface area contributed by atoms with Crippen LogP contribution in [0.1, 0.15) is 39.5 Å². The molecular weight excluding hydrogens is 210 g/mol. The van der Waals surface area contributed by atoms with Gasteiger partial charge < -0.3 is 15.6 Å². The van der Waals surface area contributed by atoms with Crippen molar-refractivity contribution >= 4 is 11.9 Å². The molecule has 0 fully saturated rings. The molecule has 1 unspecified atom stereocenters. The molecule has 0 radical (unpaired) electrons. The highest BCUT2D eigenvalue weighted by Gasteiger charge is 2.20. The van der Waals surface area contributed by atoms with Crippen LogP contribution in [0.2, 0.25) is 0 Å². The Bertz CT molecular complexity index is 224. The van der Waals surface area contributed by atoms with Gasteiger partial charge in [0.05, 0.1) is 5.92 Å². The number of rotatable bonds is 8. The second kappa shape index (κ2) is 8.10. The van der Waals surface area contributed by atoms with Crippen LogP contribution in [0, 0.1) is 5.92 Å². The molecule has 16 heavy (non-hydrogen) atoms. The molecule has 1 atom stereocenters. The summed E-state index contributed by atoms with van der Waals surface area (Å²) in [5.74, 6) is -1.62. The number of carbonyl (C=O) groups excluding carboxylic acids is 1. The zero-order valence-corrected chi connectivity index (χ0v) is 9.94. The maximum Gasteiger partial charge on any atom is 0.324 e. The Kier molecular flexibility index (Phi) is 7.54. The average Bonchev–Trinajstić information content (AvgIpc) is 2.24. The minimum absolute atomic E-state index is 0.129. The molecular formula is C11H21NO4. The van der Waals surface area contributed by atoms with E-state index in [0.29, 0.717) is 0 Å². The molecule has 0 heterocycles. The van der Waals surface area contributed by atoms with Gasteiger partial charge in [0.25, 0.3) is 0 Å². The molecule has 0 aliphatic heterocycles. The third-order valence-corrected chi connectivity index (χ3v) is 2.33. The SMILES string of the molecule is CCCC(CCC)C(=O)OCC(N)C(=O)O. The average molecular weight is 231 g/mol. The van der Waals surface area contributed by atoms with E-state index >= 15 is 0 Å². The van der Waals surface area contributed by atoms with Crippen molar-refractivity contribution in [2.45, 2.75) is 45.6 Å². The second-order valence-corrected chi connectivity index (χ2v) is 3.85. The van der Waals surface area contributed by atoms with Crippen LogP contribution in [0.25, 0.3) is 0 Å². The van der Waals surface area contributed by atoms with Gasteiger partial charge in [0.15, 0.2) is 0 Å². The van der Waals surface area contributed by atoms with E-state index in [-0.39, 0.29) is 18.5 Å². The lowest BCUT2D eigenvalue weighted by Crippen LogP contribution is -2.36. The van der Waals surface area contributed by atoms with Crippen LogP contribution in [0.3, 0.4) is 0 Å². The van der Waals surface area contributed by atoms with Crippen LogP contribution >= 0.6 is 0 Å². The molecule has 0 aliphatic rings. The maximum absolute atomic E-state index is 11.6. The highest BCUT2D eigenvalue weighted by Crippen LogP contribution is 2.15. The summed E-state index contributed by atoms with van der Waals surface area (Å²) in [5, 5.41) is 8.52. The third kappa shape index (κ3) is 5.70. The molecule has 0 rings (SSSR count). The molecule has 5 nitrogen and oxygen atoms in total. The molecule has 0 aromatic carbocycles. The van der Waals surface area contributed by atoms with Crippen molar-refractivity contribution < 1.29 is 19.4 Å². The first kappa shape index (κ1) is 14.9. The number of carboxylic acid groups (broad SMARTS) is 1. The second-order valence-electron chi connectivity index (χ2n) is 3.85. The minimum atomic E-state index is -1.16. The van der Waals surface area contributed by atoms with Gasteiger partial charge in [-0.3, -0.25) is 9.59 Å². The normalized spacial score (nSPS) is 12.5. The van der Waals surface area contributed by atoms with E-state index in [1.54, 1.807) is 0 Å². The molecule has 5 heteroatoms. The number of carbonyl (C=O) groups is 2. The van der Waals surface area contributed by atoms with Gasteiger partial charge in [-0.05, 0) is 12.8 Å². The van der Waals surface area contributed by atoms with Crippen molar-refractivity contribution in [2.24, 2.45) is 11.7 Å². The highest BCUT2D eigenvalue weighted by atomic mass is 16.5. The van der Waals surface area contributed by atoms with E-state index in [1.807, 2.05) is 13.8 Å².